The Morgan fingerprint density at radius 2 is 1.88 bits per heavy atom. The zero-order valence-corrected chi connectivity index (χ0v) is 11.1. The molecule has 0 aliphatic carbocycles. The molecule has 0 saturated heterocycles. The number of carbonyl (C=O) groups excluding carboxylic acids is 1. The number of hydrogen-bond acceptors (Lipinski definition) is 1. The largest absolute Gasteiger partial charge is 0.300 e. The first-order valence-electron chi connectivity index (χ1n) is 5.86. The molecule has 1 heteroatoms. The van der Waals surface area contributed by atoms with Gasteiger partial charge in [0.1, 0.15) is 5.78 Å². The van der Waals surface area contributed by atoms with Crippen LogP contribution in [-0.2, 0) is 11.2 Å². The van der Waals surface area contributed by atoms with Gasteiger partial charge in [0, 0.05) is 6.42 Å². The van der Waals surface area contributed by atoms with Crippen LogP contribution in [0.1, 0.15) is 43.9 Å². The smallest absolute Gasteiger partial charge is 0.130 e. The number of hydrogen-bond donors (Lipinski definition) is 0. The van der Waals surface area contributed by atoms with E-state index >= 15 is 0 Å². The minimum absolute atomic E-state index is 0.0599. The maximum absolute atomic E-state index is 11.2. The van der Waals surface area contributed by atoms with Crippen LogP contribution in [0.3, 0.4) is 0 Å². The van der Waals surface area contributed by atoms with Gasteiger partial charge in [-0.05, 0) is 43.7 Å². The van der Waals surface area contributed by atoms with Crippen molar-refractivity contribution in [2.24, 2.45) is 5.41 Å². The van der Waals surface area contributed by atoms with Crippen LogP contribution in [0.2, 0.25) is 0 Å². The Bertz CT molecular complexity index is 388. The second-order valence-corrected chi connectivity index (χ2v) is 5.65. The number of benzene rings is 1. The standard InChI is InChI=1S/C15H22O/c1-11-6-7-12(2)14(8-11)10-15(4,5)9-13(3)16/h6-8H,9-10H2,1-5H3. The minimum Gasteiger partial charge on any atom is -0.300 e. The van der Waals surface area contributed by atoms with Crippen LogP contribution in [0.25, 0.3) is 0 Å². The first-order chi connectivity index (χ1) is 7.30. The molecule has 0 aliphatic rings. The molecule has 0 fully saturated rings. The highest BCUT2D eigenvalue weighted by molar-refractivity contribution is 5.76. The van der Waals surface area contributed by atoms with Gasteiger partial charge in [0.25, 0.3) is 0 Å². The van der Waals surface area contributed by atoms with E-state index in [4.69, 9.17) is 0 Å². The summed E-state index contributed by atoms with van der Waals surface area (Å²) in [4.78, 5) is 11.2. The zero-order chi connectivity index (χ0) is 12.3. The Hall–Kier alpha value is -1.11. The van der Waals surface area contributed by atoms with Crippen LogP contribution in [0.15, 0.2) is 18.2 Å². The summed E-state index contributed by atoms with van der Waals surface area (Å²) in [7, 11) is 0. The number of Topliss-reactive ketones (excluding diaryl/α,β-unsaturated/α-hetero) is 1. The predicted octanol–water partition coefficient (Wildman–Crippen LogP) is 3.85. The van der Waals surface area contributed by atoms with Crippen LogP contribution in [0, 0.1) is 19.3 Å². The first kappa shape index (κ1) is 13.0. The van der Waals surface area contributed by atoms with E-state index in [9.17, 15) is 4.79 Å². The molecule has 1 aromatic rings. The Balaban J connectivity index is 2.86. The molecule has 0 amide bonds. The topological polar surface area (TPSA) is 17.1 Å². The normalized spacial score (nSPS) is 11.6. The quantitative estimate of drug-likeness (QED) is 0.750. The maximum atomic E-state index is 11.2. The van der Waals surface area contributed by atoms with Crippen LogP contribution in [0.4, 0.5) is 0 Å². The molecule has 0 atom stereocenters. The third-order valence-electron chi connectivity index (χ3n) is 2.90. The van der Waals surface area contributed by atoms with Crippen molar-refractivity contribution in [1.82, 2.24) is 0 Å². The van der Waals surface area contributed by atoms with E-state index < -0.39 is 0 Å². The van der Waals surface area contributed by atoms with Crippen molar-refractivity contribution in [1.29, 1.82) is 0 Å². The molecule has 0 aliphatic heterocycles. The van der Waals surface area contributed by atoms with E-state index in [1.165, 1.54) is 16.7 Å². The van der Waals surface area contributed by atoms with Gasteiger partial charge in [0.05, 0.1) is 0 Å². The Morgan fingerprint density at radius 3 is 2.44 bits per heavy atom. The summed E-state index contributed by atoms with van der Waals surface area (Å²) in [6.07, 6.45) is 1.63. The number of carbonyl (C=O) groups is 1. The van der Waals surface area contributed by atoms with Crippen molar-refractivity contribution >= 4 is 5.78 Å². The summed E-state index contributed by atoms with van der Waals surface area (Å²) in [5.74, 6) is 0.273. The van der Waals surface area contributed by atoms with E-state index in [1.807, 2.05) is 0 Å². The summed E-state index contributed by atoms with van der Waals surface area (Å²) in [5.41, 5.74) is 4.04. The van der Waals surface area contributed by atoms with Crippen LogP contribution in [-0.4, -0.2) is 5.78 Å². The summed E-state index contributed by atoms with van der Waals surface area (Å²) >= 11 is 0. The van der Waals surface area contributed by atoms with Crippen molar-refractivity contribution in [3.8, 4) is 0 Å². The lowest BCUT2D eigenvalue weighted by atomic mass is 9.80. The number of ketones is 1. The molecule has 1 nitrogen and oxygen atoms in total. The van der Waals surface area contributed by atoms with Gasteiger partial charge in [-0.2, -0.15) is 0 Å². The Labute approximate surface area is 98.9 Å². The van der Waals surface area contributed by atoms with Gasteiger partial charge < -0.3 is 4.79 Å². The SMILES string of the molecule is CC(=O)CC(C)(C)Cc1cc(C)ccc1C. The molecule has 0 spiro atoms. The molecule has 1 rings (SSSR count). The zero-order valence-electron chi connectivity index (χ0n) is 11.1. The molecule has 0 N–H and O–H groups in total. The van der Waals surface area contributed by atoms with E-state index in [1.54, 1.807) is 6.92 Å². The fraction of sp³-hybridized carbons (Fsp3) is 0.533. The van der Waals surface area contributed by atoms with E-state index in [-0.39, 0.29) is 11.2 Å². The molecule has 0 bridgehead atoms. The summed E-state index contributed by atoms with van der Waals surface area (Å²) in [6, 6.07) is 6.53. The van der Waals surface area contributed by atoms with Gasteiger partial charge in [-0.15, -0.1) is 0 Å². The fourth-order valence-corrected chi connectivity index (χ4v) is 2.24. The minimum atomic E-state index is 0.0599. The van der Waals surface area contributed by atoms with E-state index in [0.717, 1.165) is 6.42 Å². The Kier molecular flexibility index (Phi) is 3.90. The average molecular weight is 218 g/mol. The molecule has 0 unspecified atom stereocenters. The lowest BCUT2D eigenvalue weighted by Crippen LogP contribution is -2.19. The van der Waals surface area contributed by atoms with Crippen LogP contribution >= 0.6 is 0 Å². The number of aryl methyl sites for hydroxylation is 2. The van der Waals surface area contributed by atoms with Crippen molar-refractivity contribution in [3.63, 3.8) is 0 Å². The second kappa shape index (κ2) is 4.82. The van der Waals surface area contributed by atoms with Gasteiger partial charge in [-0.1, -0.05) is 37.6 Å². The molecule has 0 saturated carbocycles. The average Bonchev–Trinajstić information content (AvgIpc) is 2.08. The van der Waals surface area contributed by atoms with Crippen LogP contribution in [0.5, 0.6) is 0 Å². The molecule has 0 aromatic heterocycles. The van der Waals surface area contributed by atoms with E-state index in [2.05, 4.69) is 45.9 Å². The van der Waals surface area contributed by atoms with Gasteiger partial charge >= 0.3 is 0 Å². The third-order valence-corrected chi connectivity index (χ3v) is 2.90. The van der Waals surface area contributed by atoms with Crippen molar-refractivity contribution in [2.75, 3.05) is 0 Å². The molecule has 16 heavy (non-hydrogen) atoms. The summed E-state index contributed by atoms with van der Waals surface area (Å²) in [5, 5.41) is 0. The van der Waals surface area contributed by atoms with Gasteiger partial charge in [-0.25, -0.2) is 0 Å². The highest BCUT2D eigenvalue weighted by Gasteiger charge is 2.21. The van der Waals surface area contributed by atoms with Crippen molar-refractivity contribution in [2.45, 2.75) is 47.5 Å². The highest BCUT2D eigenvalue weighted by atomic mass is 16.1. The predicted molar refractivity (Wildman–Crippen MR) is 68.7 cm³/mol. The third kappa shape index (κ3) is 3.80. The fourth-order valence-electron chi connectivity index (χ4n) is 2.24. The first-order valence-corrected chi connectivity index (χ1v) is 5.86. The van der Waals surface area contributed by atoms with Gasteiger partial charge in [0.2, 0.25) is 0 Å². The van der Waals surface area contributed by atoms with E-state index in [0.29, 0.717) is 6.42 Å². The summed E-state index contributed by atoms with van der Waals surface area (Å²) in [6.45, 7) is 10.2. The van der Waals surface area contributed by atoms with Crippen molar-refractivity contribution < 1.29 is 4.79 Å². The molecule has 1 aromatic carbocycles. The van der Waals surface area contributed by atoms with Gasteiger partial charge in [-0.3, -0.25) is 0 Å². The monoisotopic (exact) mass is 218 g/mol. The van der Waals surface area contributed by atoms with Crippen molar-refractivity contribution in [3.05, 3.63) is 34.9 Å². The Morgan fingerprint density at radius 1 is 1.25 bits per heavy atom. The lowest BCUT2D eigenvalue weighted by molar-refractivity contribution is -0.118. The molecule has 0 radical (unpaired) electrons. The molecule has 88 valence electrons. The molecular weight excluding hydrogens is 196 g/mol. The maximum Gasteiger partial charge on any atom is 0.130 e. The number of rotatable bonds is 4. The second-order valence-electron chi connectivity index (χ2n) is 5.65. The molecule has 0 heterocycles. The molecular formula is C15H22O. The highest BCUT2D eigenvalue weighted by Crippen LogP contribution is 2.28. The lowest BCUT2D eigenvalue weighted by Gasteiger charge is -2.24. The van der Waals surface area contributed by atoms with Gasteiger partial charge in [0.15, 0.2) is 0 Å². The van der Waals surface area contributed by atoms with Crippen LogP contribution < -0.4 is 0 Å². The summed E-state index contributed by atoms with van der Waals surface area (Å²) < 4.78 is 0.